The summed E-state index contributed by atoms with van der Waals surface area (Å²) < 4.78 is 4.63. The molecule has 0 unspecified atom stereocenters. The van der Waals surface area contributed by atoms with E-state index in [4.69, 9.17) is 0 Å². The molecule has 0 spiro atoms. The molecule has 12 heavy (non-hydrogen) atoms. The molecule has 0 saturated heterocycles. The van der Waals surface area contributed by atoms with E-state index in [1.54, 1.807) is 6.92 Å². The van der Waals surface area contributed by atoms with Crippen molar-refractivity contribution < 1.29 is 14.3 Å². The van der Waals surface area contributed by atoms with Crippen LogP contribution in [-0.4, -0.2) is 19.0 Å². The van der Waals surface area contributed by atoms with Crippen molar-refractivity contribution in [1.82, 2.24) is 5.32 Å². The Morgan fingerprint density at radius 2 is 2.33 bits per heavy atom. The van der Waals surface area contributed by atoms with Crippen LogP contribution in [0.3, 0.4) is 0 Å². The van der Waals surface area contributed by atoms with Crippen molar-refractivity contribution in [1.29, 1.82) is 0 Å². The van der Waals surface area contributed by atoms with E-state index < -0.39 is 5.97 Å². The maximum absolute atomic E-state index is 11.0. The number of allylic oxidation sites excluding steroid dienone is 2. The first-order valence-electron chi connectivity index (χ1n) is 3.46. The van der Waals surface area contributed by atoms with Gasteiger partial charge in [-0.15, -0.1) is 0 Å². The highest BCUT2D eigenvalue weighted by molar-refractivity contribution is 5.90. The van der Waals surface area contributed by atoms with Gasteiger partial charge in [-0.2, -0.15) is 0 Å². The normalized spacial score (nSPS) is 10.2. The van der Waals surface area contributed by atoms with Crippen LogP contribution in [0, 0.1) is 0 Å². The third kappa shape index (κ3) is 3.55. The molecule has 0 radical (unpaired) electrons. The Morgan fingerprint density at radius 1 is 1.67 bits per heavy atom. The molecule has 0 aromatic heterocycles. The Balaban J connectivity index is 4.28. The second kappa shape index (κ2) is 6.15. The van der Waals surface area contributed by atoms with Gasteiger partial charge in [0.05, 0.1) is 6.61 Å². The van der Waals surface area contributed by atoms with E-state index in [1.807, 2.05) is 0 Å². The number of nitrogens with one attached hydrogen (secondary N) is 1. The molecule has 4 heteroatoms. The van der Waals surface area contributed by atoms with Crippen LogP contribution in [0.25, 0.3) is 0 Å². The lowest BCUT2D eigenvalue weighted by Crippen LogP contribution is -2.20. The van der Waals surface area contributed by atoms with Crippen LogP contribution in [0.2, 0.25) is 0 Å². The minimum atomic E-state index is -0.565. The summed E-state index contributed by atoms with van der Waals surface area (Å²) in [5.74, 6) is -0.565. The van der Waals surface area contributed by atoms with Crippen LogP contribution in [0.4, 0.5) is 0 Å². The van der Waals surface area contributed by atoms with Gasteiger partial charge in [0.2, 0.25) is 6.41 Å². The van der Waals surface area contributed by atoms with E-state index in [1.165, 1.54) is 12.2 Å². The van der Waals surface area contributed by atoms with E-state index >= 15 is 0 Å². The molecule has 0 saturated carbocycles. The monoisotopic (exact) mass is 169 g/mol. The number of ether oxygens (including phenoxy) is 1. The Bertz CT molecular complexity index is 208. The summed E-state index contributed by atoms with van der Waals surface area (Å²) in [6.45, 7) is 5.34. The third-order valence-corrected chi connectivity index (χ3v) is 0.994. The van der Waals surface area contributed by atoms with Gasteiger partial charge in [0.15, 0.2) is 0 Å². The highest BCUT2D eigenvalue weighted by Gasteiger charge is 2.07. The van der Waals surface area contributed by atoms with Gasteiger partial charge in [-0.3, -0.25) is 4.79 Å². The van der Waals surface area contributed by atoms with Crippen LogP contribution in [0.5, 0.6) is 0 Å². The molecule has 1 amide bonds. The number of rotatable bonds is 5. The zero-order chi connectivity index (χ0) is 9.40. The van der Waals surface area contributed by atoms with Gasteiger partial charge in [-0.25, -0.2) is 4.79 Å². The van der Waals surface area contributed by atoms with Crippen molar-refractivity contribution in [2.75, 3.05) is 6.61 Å². The van der Waals surface area contributed by atoms with Crippen LogP contribution in [0.15, 0.2) is 24.4 Å². The molecule has 0 rings (SSSR count). The first kappa shape index (κ1) is 10.4. The molecular formula is C8H11NO3. The van der Waals surface area contributed by atoms with Crippen LogP contribution >= 0.6 is 0 Å². The average Bonchev–Trinajstić information content (AvgIpc) is 2.04. The van der Waals surface area contributed by atoms with Crippen molar-refractivity contribution in [2.45, 2.75) is 6.92 Å². The largest absolute Gasteiger partial charge is 0.461 e. The molecule has 0 aliphatic heterocycles. The fourth-order valence-corrected chi connectivity index (χ4v) is 0.565. The van der Waals surface area contributed by atoms with Gasteiger partial charge in [-0.05, 0) is 13.0 Å². The number of esters is 1. The van der Waals surface area contributed by atoms with Crippen LogP contribution < -0.4 is 5.32 Å². The molecule has 66 valence electrons. The van der Waals surface area contributed by atoms with Gasteiger partial charge in [0.25, 0.3) is 0 Å². The maximum atomic E-state index is 11.0. The van der Waals surface area contributed by atoms with E-state index in [0.29, 0.717) is 6.41 Å². The van der Waals surface area contributed by atoms with Gasteiger partial charge < -0.3 is 10.1 Å². The third-order valence-electron chi connectivity index (χ3n) is 0.994. The van der Waals surface area contributed by atoms with Gasteiger partial charge in [0.1, 0.15) is 5.70 Å². The Kier molecular flexibility index (Phi) is 5.34. The first-order chi connectivity index (χ1) is 5.76. The lowest BCUT2D eigenvalue weighted by Gasteiger charge is -2.03. The molecular weight excluding hydrogens is 158 g/mol. The van der Waals surface area contributed by atoms with Crippen molar-refractivity contribution in [3.05, 3.63) is 24.4 Å². The van der Waals surface area contributed by atoms with Gasteiger partial charge in [-0.1, -0.05) is 12.7 Å². The number of hydrogen-bond acceptors (Lipinski definition) is 3. The Morgan fingerprint density at radius 3 is 2.75 bits per heavy atom. The molecule has 0 heterocycles. The summed E-state index contributed by atoms with van der Waals surface area (Å²) in [6.07, 6.45) is 3.17. The summed E-state index contributed by atoms with van der Waals surface area (Å²) in [7, 11) is 0. The summed E-state index contributed by atoms with van der Waals surface area (Å²) >= 11 is 0. The number of carbonyl (C=O) groups is 2. The minimum absolute atomic E-state index is 0.0850. The fourth-order valence-electron chi connectivity index (χ4n) is 0.565. The lowest BCUT2D eigenvalue weighted by molar-refractivity contribution is -0.139. The number of carbonyl (C=O) groups excluding carboxylic acids is 2. The van der Waals surface area contributed by atoms with Gasteiger partial charge in [0, 0.05) is 0 Å². The highest BCUT2D eigenvalue weighted by atomic mass is 16.5. The molecule has 0 aromatic rings. The van der Waals surface area contributed by atoms with E-state index in [0.717, 1.165) is 0 Å². The van der Waals surface area contributed by atoms with E-state index in [-0.39, 0.29) is 12.3 Å². The Labute approximate surface area is 70.9 Å². The van der Waals surface area contributed by atoms with E-state index in [2.05, 4.69) is 16.6 Å². The SMILES string of the molecule is C=C/C=C(\NC=O)C(=O)OCC. The van der Waals surface area contributed by atoms with Crippen molar-refractivity contribution >= 4 is 12.4 Å². The quantitative estimate of drug-likeness (QED) is 0.280. The molecule has 0 fully saturated rings. The first-order valence-corrected chi connectivity index (χ1v) is 3.46. The second-order valence-electron chi connectivity index (χ2n) is 1.80. The Hall–Kier alpha value is -1.58. The van der Waals surface area contributed by atoms with Crippen LogP contribution in [0.1, 0.15) is 6.92 Å². The summed E-state index contributed by atoms with van der Waals surface area (Å²) in [6, 6.07) is 0. The average molecular weight is 169 g/mol. The molecule has 0 bridgehead atoms. The predicted molar refractivity (Wildman–Crippen MR) is 44.1 cm³/mol. The summed E-state index contributed by atoms with van der Waals surface area (Å²) in [4.78, 5) is 21.0. The smallest absolute Gasteiger partial charge is 0.354 e. The van der Waals surface area contributed by atoms with E-state index in [9.17, 15) is 9.59 Å². The van der Waals surface area contributed by atoms with Crippen molar-refractivity contribution in [2.24, 2.45) is 0 Å². The molecule has 0 aliphatic carbocycles. The fraction of sp³-hybridized carbons (Fsp3) is 0.250. The second-order valence-corrected chi connectivity index (χ2v) is 1.80. The zero-order valence-corrected chi connectivity index (χ0v) is 6.87. The topological polar surface area (TPSA) is 55.4 Å². The molecule has 4 nitrogen and oxygen atoms in total. The van der Waals surface area contributed by atoms with Crippen LogP contribution in [-0.2, 0) is 14.3 Å². The standard InChI is InChI=1S/C8H11NO3/c1-3-5-7(9-6-10)8(11)12-4-2/h3,5-6H,1,4H2,2H3,(H,9,10)/b7-5-. The molecule has 0 aliphatic rings. The predicted octanol–water partition coefficient (Wildman–Crippen LogP) is 0.365. The molecule has 0 aromatic carbocycles. The summed E-state index contributed by atoms with van der Waals surface area (Å²) in [5, 5.41) is 2.20. The maximum Gasteiger partial charge on any atom is 0.354 e. The zero-order valence-electron chi connectivity index (χ0n) is 6.87. The highest BCUT2D eigenvalue weighted by Crippen LogP contribution is 1.92. The molecule has 0 atom stereocenters. The van der Waals surface area contributed by atoms with Gasteiger partial charge >= 0.3 is 5.97 Å². The lowest BCUT2D eigenvalue weighted by atomic mass is 10.4. The molecule has 1 N–H and O–H groups in total. The summed E-state index contributed by atoms with van der Waals surface area (Å²) in [5.41, 5.74) is 0.0850. The minimum Gasteiger partial charge on any atom is -0.461 e. The number of hydrogen-bond donors (Lipinski definition) is 1. The van der Waals surface area contributed by atoms with Crippen molar-refractivity contribution in [3.63, 3.8) is 0 Å². The number of amides is 1. The van der Waals surface area contributed by atoms with Crippen molar-refractivity contribution in [3.8, 4) is 0 Å².